The van der Waals surface area contributed by atoms with Crippen molar-refractivity contribution in [2.45, 2.75) is 5.41 Å². The van der Waals surface area contributed by atoms with Crippen molar-refractivity contribution < 1.29 is 0 Å². The van der Waals surface area contributed by atoms with Crippen LogP contribution in [0.4, 0.5) is 17.1 Å². The van der Waals surface area contributed by atoms with Gasteiger partial charge in [-0.2, -0.15) is 0 Å². The summed E-state index contributed by atoms with van der Waals surface area (Å²) < 4.78 is 0. The summed E-state index contributed by atoms with van der Waals surface area (Å²) in [5.74, 6) is 0. The molecule has 0 bridgehead atoms. The number of thiophene rings is 1. The summed E-state index contributed by atoms with van der Waals surface area (Å²) in [7, 11) is 0. The first-order valence-corrected chi connectivity index (χ1v) is 14.9. The van der Waals surface area contributed by atoms with E-state index in [1.54, 1.807) is 17.4 Å². The molecule has 6 aromatic rings. The van der Waals surface area contributed by atoms with Crippen LogP contribution in [0.25, 0.3) is 32.5 Å². The van der Waals surface area contributed by atoms with Gasteiger partial charge in [0.25, 0.3) is 5.70 Å². The van der Waals surface area contributed by atoms with Gasteiger partial charge in [0.15, 0.2) is 0 Å². The molecule has 8 rings (SSSR count). The van der Waals surface area contributed by atoms with E-state index >= 15 is 0 Å². The van der Waals surface area contributed by atoms with Crippen LogP contribution in [-0.4, -0.2) is 0 Å². The van der Waals surface area contributed by atoms with Crippen molar-refractivity contribution in [2.75, 3.05) is 4.90 Å². The Morgan fingerprint density at radius 2 is 1.23 bits per heavy atom. The third-order valence-corrected chi connectivity index (χ3v) is 9.68. The molecule has 0 amide bonds. The van der Waals surface area contributed by atoms with Crippen LogP contribution < -0.4 is 4.90 Å². The maximum absolute atomic E-state index is 9.50. The van der Waals surface area contributed by atoms with Crippen molar-refractivity contribution in [3.63, 3.8) is 0 Å². The molecule has 2 aliphatic rings. The first-order valence-electron chi connectivity index (χ1n) is 14.1. The standard InChI is InChI=1S/C39H23N3S/c1-41-26(25-40)22-30-24-37-38(43-30)33-21-20-29(42(27-12-4-2-5-13-27)28-14-6-3-7-15-28)23-36(33)39(37)34-18-10-8-16-31(34)32-17-9-11-19-35(32)39/h2-24H/b26-22-. The van der Waals surface area contributed by atoms with Gasteiger partial charge >= 0.3 is 0 Å². The lowest BCUT2D eigenvalue weighted by Gasteiger charge is -2.32. The van der Waals surface area contributed by atoms with Gasteiger partial charge in [-0.25, -0.2) is 10.1 Å². The third-order valence-electron chi connectivity index (χ3n) is 8.56. The number of anilines is 3. The monoisotopic (exact) mass is 565 g/mol. The van der Waals surface area contributed by atoms with Gasteiger partial charge in [-0.3, -0.25) is 0 Å². The lowest BCUT2D eigenvalue weighted by Crippen LogP contribution is -2.26. The van der Waals surface area contributed by atoms with E-state index in [1.807, 2.05) is 18.2 Å². The van der Waals surface area contributed by atoms with E-state index in [1.165, 1.54) is 43.8 Å². The maximum Gasteiger partial charge on any atom is 0.263 e. The second-order valence-electron chi connectivity index (χ2n) is 10.7. The van der Waals surface area contributed by atoms with Crippen molar-refractivity contribution in [1.29, 1.82) is 5.26 Å². The fourth-order valence-electron chi connectivity index (χ4n) is 6.93. The highest BCUT2D eigenvalue weighted by Crippen LogP contribution is 2.65. The van der Waals surface area contributed by atoms with E-state index in [4.69, 9.17) is 6.57 Å². The summed E-state index contributed by atoms with van der Waals surface area (Å²) in [4.78, 5) is 7.85. The summed E-state index contributed by atoms with van der Waals surface area (Å²) in [5.41, 5.74) is 11.5. The molecule has 0 unspecified atom stereocenters. The highest BCUT2D eigenvalue weighted by Gasteiger charge is 2.52. The van der Waals surface area contributed by atoms with Crippen LogP contribution in [0.1, 0.15) is 27.1 Å². The van der Waals surface area contributed by atoms with Crippen molar-refractivity contribution in [1.82, 2.24) is 0 Å². The highest BCUT2D eigenvalue weighted by molar-refractivity contribution is 7.16. The predicted octanol–water partition coefficient (Wildman–Crippen LogP) is 10.3. The minimum Gasteiger partial charge on any atom is -0.310 e. The number of allylic oxidation sites excluding steroid dienone is 1. The summed E-state index contributed by atoms with van der Waals surface area (Å²) in [6, 6.07) is 49.6. The van der Waals surface area contributed by atoms with Crippen LogP contribution in [0.5, 0.6) is 0 Å². The topological polar surface area (TPSA) is 31.4 Å². The van der Waals surface area contributed by atoms with Gasteiger partial charge in [-0.05, 0) is 87.5 Å². The van der Waals surface area contributed by atoms with Crippen LogP contribution in [0, 0.1) is 17.9 Å². The number of hydrogen-bond acceptors (Lipinski definition) is 3. The molecule has 43 heavy (non-hydrogen) atoms. The van der Waals surface area contributed by atoms with Gasteiger partial charge in [0.2, 0.25) is 0 Å². The fourth-order valence-corrected chi connectivity index (χ4v) is 8.12. The maximum atomic E-state index is 9.50. The number of nitrogens with zero attached hydrogens (tertiary/aromatic N) is 3. The molecule has 0 aliphatic heterocycles. The minimum absolute atomic E-state index is 0.0955. The Balaban J connectivity index is 1.44. The number of nitriles is 1. The molecule has 4 heteroatoms. The van der Waals surface area contributed by atoms with Gasteiger partial charge in [0.1, 0.15) is 0 Å². The van der Waals surface area contributed by atoms with E-state index < -0.39 is 5.41 Å². The SMILES string of the molecule is [C-]#[N+]/C(C#N)=C\c1cc2c(s1)-c1ccc(N(c3ccccc3)c3ccccc3)cc1C21c2ccccc2-c2ccccc21. The van der Waals surface area contributed by atoms with Crippen molar-refractivity contribution in [2.24, 2.45) is 0 Å². The van der Waals surface area contributed by atoms with Crippen LogP contribution in [0.15, 0.2) is 139 Å². The van der Waals surface area contributed by atoms with Crippen molar-refractivity contribution in [3.05, 3.63) is 178 Å². The van der Waals surface area contributed by atoms with Crippen LogP contribution >= 0.6 is 11.3 Å². The Labute approximate surface area is 254 Å². The molecule has 1 aromatic heterocycles. The molecule has 5 aromatic carbocycles. The molecule has 0 atom stereocenters. The Kier molecular flexibility index (Phi) is 5.66. The Morgan fingerprint density at radius 1 is 0.651 bits per heavy atom. The zero-order valence-electron chi connectivity index (χ0n) is 23.0. The second-order valence-corrected chi connectivity index (χ2v) is 11.8. The molecule has 0 saturated carbocycles. The van der Waals surface area contributed by atoms with Gasteiger partial charge in [-0.1, -0.05) is 91.0 Å². The van der Waals surface area contributed by atoms with Crippen molar-refractivity contribution >= 4 is 34.5 Å². The lowest BCUT2D eigenvalue weighted by molar-refractivity contribution is 0.795. The second kappa shape index (κ2) is 9.71. The van der Waals surface area contributed by atoms with Gasteiger partial charge in [-0.15, -0.1) is 11.3 Å². The zero-order valence-corrected chi connectivity index (χ0v) is 23.8. The summed E-state index contributed by atoms with van der Waals surface area (Å²) in [6.07, 6.45) is 1.72. The summed E-state index contributed by atoms with van der Waals surface area (Å²) in [5, 5.41) is 9.50. The number of hydrogen-bond donors (Lipinski definition) is 0. The molecule has 1 heterocycles. The minimum atomic E-state index is -0.513. The van der Waals surface area contributed by atoms with Crippen molar-refractivity contribution in [3.8, 4) is 27.6 Å². The smallest absolute Gasteiger partial charge is 0.263 e. The van der Waals surface area contributed by atoms with E-state index in [0.29, 0.717) is 0 Å². The van der Waals surface area contributed by atoms with Gasteiger partial charge in [0.05, 0.1) is 18.1 Å². The normalized spacial score (nSPS) is 13.4. The summed E-state index contributed by atoms with van der Waals surface area (Å²) in [6.45, 7) is 7.44. The molecular formula is C39H23N3S. The predicted molar refractivity (Wildman–Crippen MR) is 175 cm³/mol. The van der Waals surface area contributed by atoms with Crippen LogP contribution in [0.2, 0.25) is 0 Å². The molecule has 0 fully saturated rings. The average Bonchev–Trinajstić information content (AvgIpc) is 3.70. The highest BCUT2D eigenvalue weighted by atomic mass is 32.1. The number of rotatable bonds is 4. The Bertz CT molecular complexity index is 2060. The molecule has 0 radical (unpaired) electrons. The van der Waals surface area contributed by atoms with Gasteiger partial charge < -0.3 is 4.90 Å². The Hall–Kier alpha value is -5.68. The molecule has 1 spiro atoms. The fraction of sp³-hybridized carbons (Fsp3) is 0.0256. The van der Waals surface area contributed by atoms with Gasteiger partial charge in [0, 0.05) is 26.8 Å². The molecule has 200 valence electrons. The molecular weight excluding hydrogens is 543 g/mol. The van der Waals surface area contributed by atoms with Crippen LogP contribution in [0.3, 0.4) is 0 Å². The van der Waals surface area contributed by atoms with E-state index in [9.17, 15) is 5.26 Å². The third kappa shape index (κ3) is 3.58. The van der Waals surface area contributed by atoms with Crippen LogP contribution in [-0.2, 0) is 5.41 Å². The number of fused-ring (bicyclic) bond motifs is 10. The number of benzene rings is 5. The summed E-state index contributed by atoms with van der Waals surface area (Å²) >= 11 is 1.66. The quantitative estimate of drug-likeness (QED) is 0.157. The lowest BCUT2D eigenvalue weighted by atomic mass is 9.71. The first kappa shape index (κ1) is 25.1. The number of para-hydroxylation sites is 2. The molecule has 0 N–H and O–H groups in total. The van der Waals surface area contributed by atoms with E-state index in [0.717, 1.165) is 21.9 Å². The van der Waals surface area contributed by atoms with E-state index in [2.05, 4.69) is 131 Å². The molecule has 3 nitrogen and oxygen atoms in total. The Morgan fingerprint density at radius 3 is 1.81 bits per heavy atom. The molecule has 2 aliphatic carbocycles. The largest absolute Gasteiger partial charge is 0.310 e. The first-order chi connectivity index (χ1) is 21.2. The average molecular weight is 566 g/mol. The zero-order chi connectivity index (χ0) is 29.0. The molecule has 0 saturated heterocycles. The van der Waals surface area contributed by atoms with E-state index in [-0.39, 0.29) is 5.70 Å².